The maximum absolute atomic E-state index is 6.72. The van der Waals surface area contributed by atoms with Gasteiger partial charge in [-0.25, -0.2) is 0 Å². The largest absolute Gasteiger partial charge is 0.456 e. The summed E-state index contributed by atoms with van der Waals surface area (Å²) in [5.41, 5.74) is 37.8. The minimum atomic E-state index is 0.908. The second-order valence-electron chi connectivity index (χ2n) is 36.3. The van der Waals surface area contributed by atoms with Gasteiger partial charge in [-0.05, 0) is 193 Å². The zero-order valence-electron chi connectivity index (χ0n) is 76.1. The SMILES string of the molecule is c1ccc(-c2ccc3c(c2)oc2cc(-c4ccc(-c5cccc6sc7c8ccccc8n(-c8ccccc8)c7c56)cc4)ccc23)cc1.c1ccc(-c2ccc3oc4c(-c5ccc(-c6cccc7sc8c9ccccc9n(-c9ccccc9)c8c67)cc5)cccc4c3c2)cc1.c1ccc(-c2cccc3c2oc2c(-c4ccc(-c5cccc6sc7c8ccccc8n(-c8ccccc8)c7c56)cc4)cccc23)cc1. The van der Waals surface area contributed by atoms with Crippen LogP contribution in [0.1, 0.15) is 0 Å². The molecule has 0 aliphatic heterocycles. The van der Waals surface area contributed by atoms with Gasteiger partial charge in [-0.3, -0.25) is 0 Å². The summed E-state index contributed by atoms with van der Waals surface area (Å²) in [5, 5.41) is 14.6. The van der Waals surface area contributed by atoms with Gasteiger partial charge in [-0.1, -0.05) is 382 Å². The maximum Gasteiger partial charge on any atom is 0.143 e. The molecule has 21 aromatic carbocycles. The Labute approximate surface area is 822 Å². The van der Waals surface area contributed by atoms with Crippen LogP contribution in [0, 0.1) is 0 Å². The van der Waals surface area contributed by atoms with Crippen LogP contribution in [0.3, 0.4) is 0 Å². The van der Waals surface area contributed by atoms with Gasteiger partial charge in [-0.15, -0.1) is 34.0 Å². The first-order valence-electron chi connectivity index (χ1n) is 47.8. The van der Waals surface area contributed by atoms with E-state index in [0.717, 1.165) is 110 Å². The van der Waals surface area contributed by atoms with Gasteiger partial charge >= 0.3 is 0 Å². The first-order chi connectivity index (χ1) is 69.9. The Balaban J connectivity index is 0.000000104. The molecule has 0 amide bonds. The van der Waals surface area contributed by atoms with Gasteiger partial charge in [-0.2, -0.15) is 0 Å². The van der Waals surface area contributed by atoms with Crippen LogP contribution in [-0.4, -0.2) is 13.7 Å². The first kappa shape index (κ1) is 81.6. The van der Waals surface area contributed by atoms with E-state index in [9.17, 15) is 0 Å². The van der Waals surface area contributed by atoms with Gasteiger partial charge in [0, 0.05) is 112 Å². The summed E-state index contributed by atoms with van der Waals surface area (Å²) in [7, 11) is 0. The predicted octanol–water partition coefficient (Wildman–Crippen LogP) is 38.7. The lowest BCUT2D eigenvalue weighted by molar-refractivity contribution is 0.669. The monoisotopic (exact) mass is 1850 g/mol. The van der Waals surface area contributed by atoms with Gasteiger partial charge in [0.25, 0.3) is 0 Å². The van der Waals surface area contributed by atoms with Crippen molar-refractivity contribution in [1.29, 1.82) is 0 Å². The molecule has 0 unspecified atom stereocenters. The molecular weight excluding hydrogens is 1770 g/mol. The zero-order valence-corrected chi connectivity index (χ0v) is 78.5. The van der Waals surface area contributed by atoms with Crippen molar-refractivity contribution in [3.8, 4) is 117 Å². The summed E-state index contributed by atoms with van der Waals surface area (Å²) in [6, 6.07) is 176. The second kappa shape index (κ2) is 33.6. The smallest absolute Gasteiger partial charge is 0.143 e. The van der Waals surface area contributed by atoms with Crippen molar-refractivity contribution < 1.29 is 13.3 Å². The van der Waals surface area contributed by atoms with Crippen molar-refractivity contribution in [1.82, 2.24) is 13.7 Å². The number of benzene rings is 21. The topological polar surface area (TPSA) is 54.2 Å². The van der Waals surface area contributed by atoms with Crippen LogP contribution in [0.5, 0.6) is 0 Å². The van der Waals surface area contributed by atoms with E-state index >= 15 is 0 Å². The van der Waals surface area contributed by atoms with Crippen LogP contribution in [-0.2, 0) is 0 Å². The van der Waals surface area contributed by atoms with E-state index < -0.39 is 0 Å². The molecule has 6 nitrogen and oxygen atoms in total. The van der Waals surface area contributed by atoms with Crippen molar-refractivity contribution >= 4 is 193 Å². The Morgan fingerprint density at radius 2 is 0.418 bits per heavy atom. The van der Waals surface area contributed by atoms with Crippen LogP contribution >= 0.6 is 34.0 Å². The van der Waals surface area contributed by atoms with Crippen molar-refractivity contribution in [2.75, 3.05) is 0 Å². The Hall–Kier alpha value is -17.7. The van der Waals surface area contributed by atoms with Crippen molar-refractivity contribution in [2.24, 2.45) is 0 Å². The fraction of sp³-hybridized carbons (Fsp3) is 0. The number of aromatic nitrogens is 3. The summed E-state index contributed by atoms with van der Waals surface area (Å²) in [5.74, 6) is 0. The van der Waals surface area contributed by atoms with Crippen LogP contribution in [0.15, 0.2) is 505 Å². The molecule has 0 saturated carbocycles. The van der Waals surface area contributed by atoms with Crippen molar-refractivity contribution in [2.45, 2.75) is 0 Å². The van der Waals surface area contributed by atoms with Crippen LogP contribution in [0.2, 0.25) is 0 Å². The molecule has 30 rings (SSSR count). The van der Waals surface area contributed by atoms with Crippen molar-refractivity contribution in [3.63, 3.8) is 0 Å². The molecule has 0 saturated heterocycles. The standard InChI is InChI=1S/3C44H27NOS/c1-3-12-28(13-4-1)33-18-9-20-35-36-21-10-19-34(43(36)46-42(33)35)30-26-24-29(25-27-30)32-17-11-23-39-40(32)41-44(47-39)37-16-7-8-22-38(37)45(41)31-14-5-2-6-15-31;1-3-11-28(12-4-1)31-25-26-39-37(27-31)35-18-9-17-34(43(35)46-39)30-23-21-29(22-24-30)33-16-10-20-40-41(33)42-44(47-40)36-15-7-8-19-38(36)45(42)32-13-5-2-6-14-32;1-3-10-28(11-4-1)31-22-24-35-36-25-23-32(27-40(36)46-39(35)26-31)29-18-20-30(21-19-29)34-15-9-17-41-42(34)43-44(47-41)37-14-7-8-16-38(37)45(43)33-12-5-2-6-13-33/h3*1-27H. The average Bonchev–Trinajstić information content (AvgIpc) is 1.56. The van der Waals surface area contributed by atoms with E-state index in [1.165, 1.54) is 166 Å². The minimum Gasteiger partial charge on any atom is -0.456 e. The van der Waals surface area contributed by atoms with E-state index in [0.29, 0.717) is 0 Å². The van der Waals surface area contributed by atoms with Gasteiger partial charge in [0.1, 0.15) is 33.5 Å². The molecule has 0 radical (unpaired) electrons. The summed E-state index contributed by atoms with van der Waals surface area (Å²) in [4.78, 5) is 0. The number of para-hydroxylation sites is 9. The molecule has 0 atom stereocenters. The number of furan rings is 3. The number of nitrogens with zero attached hydrogens (tertiary/aromatic N) is 3. The molecule has 0 spiro atoms. The van der Waals surface area contributed by atoms with E-state index in [4.69, 9.17) is 13.3 Å². The fourth-order valence-electron chi connectivity index (χ4n) is 21.8. The predicted molar refractivity (Wildman–Crippen MR) is 599 cm³/mol. The molecule has 0 bridgehead atoms. The average molecular weight is 1850 g/mol. The summed E-state index contributed by atoms with van der Waals surface area (Å²) in [6.45, 7) is 0. The Morgan fingerprint density at radius 3 is 0.794 bits per heavy atom. The molecule has 141 heavy (non-hydrogen) atoms. The molecule has 9 aromatic heterocycles. The molecule has 0 aliphatic rings. The van der Waals surface area contributed by atoms with Gasteiger partial charge in [0.05, 0.1) is 47.2 Å². The third kappa shape index (κ3) is 13.6. The summed E-state index contributed by atoms with van der Waals surface area (Å²) < 4.78 is 34.9. The Bertz CT molecular complexity index is 10100. The maximum atomic E-state index is 6.72. The first-order valence-corrected chi connectivity index (χ1v) is 50.2. The molecule has 0 aliphatic carbocycles. The van der Waals surface area contributed by atoms with Gasteiger partial charge < -0.3 is 27.0 Å². The van der Waals surface area contributed by atoms with Gasteiger partial charge in [0.2, 0.25) is 0 Å². The highest BCUT2D eigenvalue weighted by atomic mass is 32.1. The highest BCUT2D eigenvalue weighted by molar-refractivity contribution is 7.27. The van der Waals surface area contributed by atoms with Gasteiger partial charge in [0.15, 0.2) is 0 Å². The third-order valence-corrected chi connectivity index (χ3v) is 31.8. The number of rotatable bonds is 12. The highest BCUT2D eigenvalue weighted by Gasteiger charge is 2.27. The normalized spacial score (nSPS) is 11.8. The number of hydrogen-bond donors (Lipinski definition) is 0. The highest BCUT2D eigenvalue weighted by Crippen LogP contribution is 2.52. The van der Waals surface area contributed by atoms with E-state index in [2.05, 4.69) is 499 Å². The number of hydrogen-bond acceptors (Lipinski definition) is 6. The molecule has 0 fully saturated rings. The fourth-order valence-corrected chi connectivity index (χ4v) is 25.5. The molecule has 9 heteroatoms. The van der Waals surface area contributed by atoms with Crippen LogP contribution in [0.4, 0.5) is 0 Å². The second-order valence-corrected chi connectivity index (χ2v) is 39.4. The number of fused-ring (bicyclic) bond motifs is 24. The molecular formula is C132H81N3O3S3. The lowest BCUT2D eigenvalue weighted by atomic mass is 9.96. The Morgan fingerprint density at radius 1 is 0.156 bits per heavy atom. The van der Waals surface area contributed by atoms with Crippen LogP contribution in [0.25, 0.3) is 277 Å². The third-order valence-electron chi connectivity index (χ3n) is 28.3. The number of thiophene rings is 3. The molecule has 9 heterocycles. The lowest BCUT2D eigenvalue weighted by Gasteiger charge is -2.11. The van der Waals surface area contributed by atoms with Crippen molar-refractivity contribution in [3.05, 3.63) is 491 Å². The minimum absolute atomic E-state index is 0.908. The molecule has 660 valence electrons. The Kier molecular flexibility index (Phi) is 19.5. The van der Waals surface area contributed by atoms with E-state index in [1.54, 1.807) is 0 Å². The molecule has 30 aromatic rings. The van der Waals surface area contributed by atoms with Crippen LogP contribution < -0.4 is 0 Å². The molecule has 0 N–H and O–H groups in total. The quantitative estimate of drug-likeness (QED) is 0.122. The van der Waals surface area contributed by atoms with E-state index in [1.807, 2.05) is 40.1 Å². The zero-order chi connectivity index (χ0) is 92.7. The summed E-state index contributed by atoms with van der Waals surface area (Å²) >= 11 is 5.66. The summed E-state index contributed by atoms with van der Waals surface area (Å²) in [6.07, 6.45) is 0. The lowest BCUT2D eigenvalue weighted by Crippen LogP contribution is -1.93. The van der Waals surface area contributed by atoms with E-state index in [-0.39, 0.29) is 0 Å².